The van der Waals surface area contributed by atoms with Gasteiger partial charge in [0.2, 0.25) is 11.1 Å². The van der Waals surface area contributed by atoms with Crippen LogP contribution in [0, 0.1) is 13.8 Å². The average molecular weight is 672 g/mol. The summed E-state index contributed by atoms with van der Waals surface area (Å²) in [6.45, 7) is 13.7. The molecule has 2 aromatic rings. The molecule has 0 fully saturated rings. The van der Waals surface area contributed by atoms with Crippen molar-refractivity contribution >= 4 is 84.3 Å². The van der Waals surface area contributed by atoms with E-state index in [4.69, 9.17) is 44.3 Å². The van der Waals surface area contributed by atoms with Gasteiger partial charge in [-0.25, -0.2) is 0 Å². The number of amides is 1. The van der Waals surface area contributed by atoms with Gasteiger partial charge in [-0.3, -0.25) is 9.59 Å². The number of methoxy groups -OCH3 is 2. The Kier molecular flexibility index (Phi) is 27.4. The number of carbonyl (C=O) groups is 2. The van der Waals surface area contributed by atoms with Crippen LogP contribution < -0.4 is 10.2 Å². The first-order valence-corrected chi connectivity index (χ1v) is 14.5. The molecule has 1 amide bonds. The Hall–Kier alpha value is -1.13. The molecule has 0 radical (unpaired) electrons. The van der Waals surface area contributed by atoms with Crippen molar-refractivity contribution in [1.82, 2.24) is 0 Å². The maximum Gasteiger partial charge on any atom is 0.242 e. The number of carbonyl (C=O) groups excluding carboxylic acids is 2. The molecule has 0 unspecified atom stereocenters. The van der Waals surface area contributed by atoms with Crippen molar-refractivity contribution in [1.29, 1.82) is 0 Å². The maximum atomic E-state index is 12.2. The van der Waals surface area contributed by atoms with E-state index in [1.54, 1.807) is 19.1 Å². The predicted molar refractivity (Wildman–Crippen MR) is 188 cm³/mol. The van der Waals surface area contributed by atoms with Crippen LogP contribution in [-0.2, 0) is 31.9 Å². The number of nitrogens with one attached hydrogen (secondary N) is 1. The summed E-state index contributed by atoms with van der Waals surface area (Å²) >= 11 is 15.3. The Bertz CT molecular complexity index is 1020. The summed E-state index contributed by atoms with van der Waals surface area (Å²) in [6, 6.07) is 12.8. The largest absolute Gasteiger partial charge is 0.383 e. The van der Waals surface area contributed by atoms with Crippen molar-refractivity contribution in [3.63, 3.8) is 0 Å². The van der Waals surface area contributed by atoms with E-state index in [1.165, 1.54) is 16.8 Å². The third-order valence-electron chi connectivity index (χ3n) is 5.83. The number of halogens is 3. The van der Waals surface area contributed by atoms with Crippen molar-refractivity contribution < 1.29 is 19.1 Å². The fourth-order valence-corrected chi connectivity index (χ4v) is 4.22. The number of ether oxygens (including phenoxy) is 2. The van der Waals surface area contributed by atoms with Crippen LogP contribution in [0.5, 0.6) is 0 Å². The van der Waals surface area contributed by atoms with Crippen molar-refractivity contribution in [2.45, 2.75) is 66.5 Å². The molecule has 11 heteroatoms. The topological polar surface area (TPSA) is 67.9 Å². The zero-order valence-corrected chi connectivity index (χ0v) is 29.8. The van der Waals surface area contributed by atoms with Gasteiger partial charge in [0.05, 0.1) is 30.8 Å². The van der Waals surface area contributed by atoms with E-state index in [-0.39, 0.29) is 50.7 Å². The first kappa shape index (κ1) is 44.3. The Morgan fingerprint density at radius 2 is 1.34 bits per heavy atom. The van der Waals surface area contributed by atoms with Crippen LogP contribution in [-0.4, -0.2) is 62.4 Å². The minimum atomic E-state index is -0.508. The standard InChI is InChI=1S/C15H22ClNO2.C13H21NO.C2H2Cl2O.2H2S/c1-5-13-8-6-7-11(2)15(13)17(14(18)9-16)12(3)10-19-4;1-5-12-8-6-7-10(2)13(12)14-11(3)9-15-4;3-1-2(4)5;;/h6-8,12H,5,9-10H2,1-4H3;6-8,11,14H,5,9H2,1-4H3;1H2;2*1H2/t12-;11-;;;/m00.../s1. The normalized spacial score (nSPS) is 11.2. The van der Waals surface area contributed by atoms with Crippen LogP contribution in [0.2, 0.25) is 0 Å². The molecule has 236 valence electrons. The third kappa shape index (κ3) is 16.3. The third-order valence-corrected chi connectivity index (χ3v) is 6.57. The summed E-state index contributed by atoms with van der Waals surface area (Å²) in [6.07, 6.45) is 1.94. The van der Waals surface area contributed by atoms with E-state index in [0.29, 0.717) is 12.6 Å². The van der Waals surface area contributed by atoms with Crippen LogP contribution in [0.25, 0.3) is 0 Å². The van der Waals surface area contributed by atoms with Crippen LogP contribution in [0.15, 0.2) is 36.4 Å². The van der Waals surface area contributed by atoms with Crippen molar-refractivity contribution in [2.24, 2.45) is 0 Å². The molecule has 0 aliphatic rings. The molecule has 0 aliphatic heterocycles. The smallest absolute Gasteiger partial charge is 0.242 e. The minimum absolute atomic E-state index is 0. The number of hydrogen-bond acceptors (Lipinski definition) is 5. The van der Waals surface area contributed by atoms with Gasteiger partial charge in [-0.2, -0.15) is 27.0 Å². The zero-order chi connectivity index (χ0) is 30.0. The molecule has 2 atom stereocenters. The van der Waals surface area contributed by atoms with E-state index >= 15 is 0 Å². The van der Waals surface area contributed by atoms with Gasteiger partial charge in [0, 0.05) is 25.9 Å². The van der Waals surface area contributed by atoms with Gasteiger partial charge < -0.3 is 19.7 Å². The fraction of sp³-hybridized carbons (Fsp3) is 0.533. The summed E-state index contributed by atoms with van der Waals surface area (Å²) in [5.41, 5.74) is 7.15. The van der Waals surface area contributed by atoms with Crippen LogP contribution >= 0.6 is 61.8 Å². The molecule has 2 aromatic carbocycles. The second-order valence-electron chi connectivity index (χ2n) is 9.09. The van der Waals surface area contributed by atoms with E-state index < -0.39 is 5.24 Å². The van der Waals surface area contributed by atoms with Crippen LogP contribution in [0.3, 0.4) is 0 Å². The average Bonchev–Trinajstić information content (AvgIpc) is 2.91. The highest BCUT2D eigenvalue weighted by atomic mass is 35.5. The molecular weight excluding hydrogens is 623 g/mol. The van der Waals surface area contributed by atoms with Gasteiger partial charge in [-0.15, -0.1) is 23.2 Å². The van der Waals surface area contributed by atoms with Crippen LogP contribution in [0.4, 0.5) is 11.4 Å². The molecule has 2 rings (SSSR count). The van der Waals surface area contributed by atoms with E-state index in [0.717, 1.165) is 36.3 Å². The summed E-state index contributed by atoms with van der Waals surface area (Å²) < 4.78 is 10.3. The Labute approximate surface area is 276 Å². The molecule has 0 spiro atoms. The predicted octanol–water partition coefficient (Wildman–Crippen LogP) is 7.38. The molecule has 0 heterocycles. The number of aryl methyl sites for hydroxylation is 4. The quantitative estimate of drug-likeness (QED) is 0.188. The first-order chi connectivity index (χ1) is 18.5. The number of benzene rings is 2. The summed E-state index contributed by atoms with van der Waals surface area (Å²) in [4.78, 5) is 23.4. The van der Waals surface area contributed by atoms with Crippen molar-refractivity contribution in [3.05, 3.63) is 58.7 Å². The monoisotopic (exact) mass is 670 g/mol. The number of nitrogens with zero attached hydrogens (tertiary/aromatic N) is 1. The lowest BCUT2D eigenvalue weighted by molar-refractivity contribution is -0.117. The Morgan fingerprint density at radius 1 is 0.854 bits per heavy atom. The van der Waals surface area contributed by atoms with E-state index in [2.05, 4.69) is 57.3 Å². The molecule has 0 aliphatic carbocycles. The minimum Gasteiger partial charge on any atom is -0.383 e. The second-order valence-corrected chi connectivity index (χ2v) is 10.0. The summed E-state index contributed by atoms with van der Waals surface area (Å²) in [5.74, 6) is -0.206. The maximum absolute atomic E-state index is 12.2. The molecule has 41 heavy (non-hydrogen) atoms. The highest BCUT2D eigenvalue weighted by Crippen LogP contribution is 2.28. The Balaban J connectivity index is -0.000000590. The number of para-hydroxylation sites is 2. The van der Waals surface area contributed by atoms with E-state index in [9.17, 15) is 9.59 Å². The van der Waals surface area contributed by atoms with Crippen LogP contribution in [0.1, 0.15) is 49.9 Å². The summed E-state index contributed by atoms with van der Waals surface area (Å²) in [5, 5.41) is 3.00. The highest BCUT2D eigenvalue weighted by molar-refractivity contribution is 7.59. The van der Waals surface area contributed by atoms with Gasteiger partial charge in [-0.1, -0.05) is 50.2 Å². The van der Waals surface area contributed by atoms with Gasteiger partial charge in [0.1, 0.15) is 5.88 Å². The molecule has 0 bridgehead atoms. The lowest BCUT2D eigenvalue weighted by Gasteiger charge is -2.31. The number of alkyl halides is 2. The number of anilines is 2. The molecule has 0 saturated carbocycles. The van der Waals surface area contributed by atoms with Crippen molar-refractivity contribution in [2.75, 3.05) is 49.4 Å². The molecular formula is C30H49Cl3N2O4S2. The van der Waals surface area contributed by atoms with Gasteiger partial charge in [0.15, 0.2) is 0 Å². The fourth-order valence-electron chi connectivity index (χ4n) is 4.09. The SMILES string of the molecule is CCc1cccc(C)c1N(C(=O)CCl)[C@@H](C)COC.CCc1cccc(C)c1N[C@@H](C)COC.O=C(Cl)CCl.S.S. The number of hydrogen-bond donors (Lipinski definition) is 1. The highest BCUT2D eigenvalue weighted by Gasteiger charge is 2.24. The molecule has 0 saturated heterocycles. The molecule has 1 N–H and O–H groups in total. The number of rotatable bonds is 12. The van der Waals surface area contributed by atoms with E-state index in [1.807, 2.05) is 26.0 Å². The lowest BCUT2D eigenvalue weighted by atomic mass is 10.0. The van der Waals surface area contributed by atoms with Gasteiger partial charge in [0.25, 0.3) is 0 Å². The van der Waals surface area contributed by atoms with Gasteiger partial charge in [-0.05, 0) is 74.4 Å². The summed E-state index contributed by atoms with van der Waals surface area (Å²) in [7, 11) is 3.37. The van der Waals surface area contributed by atoms with Crippen molar-refractivity contribution in [3.8, 4) is 0 Å². The Morgan fingerprint density at radius 3 is 1.78 bits per heavy atom. The molecule has 0 aromatic heterocycles. The van der Waals surface area contributed by atoms with Gasteiger partial charge >= 0.3 is 0 Å². The first-order valence-electron chi connectivity index (χ1n) is 13.1. The lowest BCUT2D eigenvalue weighted by Crippen LogP contribution is -2.43. The second kappa shape index (κ2) is 25.4. The molecule has 6 nitrogen and oxygen atoms in total. The zero-order valence-electron chi connectivity index (χ0n) is 25.6.